The number of aromatic hydroxyl groups is 1. The van der Waals surface area contributed by atoms with Gasteiger partial charge in [0.2, 0.25) is 0 Å². The SMILES string of the molecule is Cc1[nH]ncc1C=Cc1cc(C(C)(C)C)cc(C(C)(C)C)c1O. The van der Waals surface area contributed by atoms with E-state index in [0.29, 0.717) is 5.75 Å². The molecule has 0 unspecified atom stereocenters. The average molecular weight is 312 g/mol. The van der Waals surface area contributed by atoms with Gasteiger partial charge in [-0.25, -0.2) is 0 Å². The molecule has 0 amide bonds. The number of nitrogens with one attached hydrogen (secondary N) is 1. The molecule has 1 aromatic heterocycles. The topological polar surface area (TPSA) is 48.9 Å². The molecule has 0 aliphatic carbocycles. The third-order valence-corrected chi connectivity index (χ3v) is 4.12. The molecule has 0 atom stereocenters. The monoisotopic (exact) mass is 312 g/mol. The van der Waals surface area contributed by atoms with Crippen LogP contribution in [-0.2, 0) is 10.8 Å². The van der Waals surface area contributed by atoms with Gasteiger partial charge >= 0.3 is 0 Å². The van der Waals surface area contributed by atoms with Gasteiger partial charge in [0.25, 0.3) is 0 Å². The molecular formula is C20H28N2O. The van der Waals surface area contributed by atoms with Crippen molar-refractivity contribution in [2.45, 2.75) is 59.3 Å². The van der Waals surface area contributed by atoms with E-state index in [0.717, 1.165) is 22.4 Å². The first-order valence-electron chi connectivity index (χ1n) is 8.06. The molecule has 3 heteroatoms. The number of aromatic nitrogens is 2. The maximum atomic E-state index is 10.7. The highest BCUT2D eigenvalue weighted by molar-refractivity contribution is 5.74. The number of rotatable bonds is 2. The molecule has 0 spiro atoms. The Bertz CT molecular complexity index is 725. The van der Waals surface area contributed by atoms with Gasteiger partial charge in [0.05, 0.1) is 6.20 Å². The van der Waals surface area contributed by atoms with Gasteiger partial charge in [-0.05, 0) is 29.4 Å². The maximum Gasteiger partial charge on any atom is 0.126 e. The van der Waals surface area contributed by atoms with Crippen molar-refractivity contribution in [2.24, 2.45) is 0 Å². The predicted octanol–water partition coefficient (Wildman–Crippen LogP) is 5.19. The molecule has 124 valence electrons. The molecule has 1 aromatic carbocycles. The third-order valence-electron chi connectivity index (χ3n) is 4.12. The van der Waals surface area contributed by atoms with Crippen LogP contribution in [0.15, 0.2) is 18.3 Å². The van der Waals surface area contributed by atoms with Crippen LogP contribution in [0.5, 0.6) is 5.75 Å². The standard InChI is InChI=1S/C20H28N2O/c1-13-15(12-21-22-13)9-8-14-10-16(19(2,3)4)11-17(18(14)23)20(5,6)7/h8-12,23H,1-7H3,(H,21,22). The predicted molar refractivity (Wildman–Crippen MR) is 97.8 cm³/mol. The number of benzene rings is 1. The van der Waals surface area contributed by atoms with Gasteiger partial charge in [0.15, 0.2) is 0 Å². The summed E-state index contributed by atoms with van der Waals surface area (Å²) in [4.78, 5) is 0. The van der Waals surface area contributed by atoms with Gasteiger partial charge in [-0.15, -0.1) is 0 Å². The minimum Gasteiger partial charge on any atom is -0.507 e. The number of hydrogen-bond donors (Lipinski definition) is 2. The third kappa shape index (κ3) is 3.84. The van der Waals surface area contributed by atoms with Gasteiger partial charge < -0.3 is 5.11 Å². The normalized spacial score (nSPS) is 13.0. The second-order valence-corrected chi connectivity index (χ2v) is 8.25. The lowest BCUT2D eigenvalue weighted by Gasteiger charge is -2.27. The fourth-order valence-electron chi connectivity index (χ4n) is 2.50. The summed E-state index contributed by atoms with van der Waals surface area (Å²) in [5, 5.41) is 17.7. The minimum absolute atomic E-state index is 0.0296. The summed E-state index contributed by atoms with van der Waals surface area (Å²) >= 11 is 0. The fraction of sp³-hybridized carbons (Fsp3) is 0.450. The van der Waals surface area contributed by atoms with E-state index in [1.165, 1.54) is 5.56 Å². The Labute approximate surface area is 139 Å². The van der Waals surface area contributed by atoms with Crippen molar-refractivity contribution >= 4 is 12.2 Å². The van der Waals surface area contributed by atoms with Gasteiger partial charge in [-0.2, -0.15) is 5.10 Å². The highest BCUT2D eigenvalue weighted by atomic mass is 16.3. The second-order valence-electron chi connectivity index (χ2n) is 8.25. The van der Waals surface area contributed by atoms with Crippen molar-refractivity contribution in [3.8, 4) is 5.75 Å². The highest BCUT2D eigenvalue weighted by Crippen LogP contribution is 2.38. The molecule has 0 fully saturated rings. The lowest BCUT2D eigenvalue weighted by atomic mass is 9.79. The van der Waals surface area contributed by atoms with E-state index in [1.807, 2.05) is 19.1 Å². The molecule has 0 saturated carbocycles. The van der Waals surface area contributed by atoms with Crippen molar-refractivity contribution in [3.05, 3.63) is 46.3 Å². The Hall–Kier alpha value is -2.03. The Morgan fingerprint density at radius 2 is 1.57 bits per heavy atom. The number of phenols is 1. The molecule has 2 rings (SSSR count). The van der Waals surface area contributed by atoms with Gasteiger partial charge in [0.1, 0.15) is 5.75 Å². The number of H-pyrrole nitrogens is 1. The maximum absolute atomic E-state index is 10.7. The molecule has 2 N–H and O–H groups in total. The van der Waals surface area contributed by atoms with Crippen LogP contribution in [0.4, 0.5) is 0 Å². The minimum atomic E-state index is -0.112. The molecule has 0 aliphatic heterocycles. The Balaban J connectivity index is 2.58. The summed E-state index contributed by atoms with van der Waals surface area (Å²) in [5.41, 5.74) is 5.02. The molecule has 23 heavy (non-hydrogen) atoms. The van der Waals surface area contributed by atoms with Crippen LogP contribution in [0.2, 0.25) is 0 Å². The van der Waals surface area contributed by atoms with Crippen molar-refractivity contribution in [2.75, 3.05) is 0 Å². The van der Waals surface area contributed by atoms with Crippen LogP contribution in [0.1, 0.15) is 69.5 Å². The van der Waals surface area contributed by atoms with Crippen LogP contribution in [-0.4, -0.2) is 15.3 Å². The van der Waals surface area contributed by atoms with Gasteiger partial charge in [-0.1, -0.05) is 59.8 Å². The smallest absolute Gasteiger partial charge is 0.126 e. The molecule has 3 nitrogen and oxygen atoms in total. The lowest BCUT2D eigenvalue weighted by molar-refractivity contribution is 0.443. The first-order valence-corrected chi connectivity index (χ1v) is 8.06. The van der Waals surface area contributed by atoms with Crippen molar-refractivity contribution < 1.29 is 5.11 Å². The number of aromatic amines is 1. The molecule has 1 heterocycles. The summed E-state index contributed by atoms with van der Waals surface area (Å²) < 4.78 is 0. The van der Waals surface area contributed by atoms with Crippen molar-refractivity contribution in [3.63, 3.8) is 0 Å². The van der Waals surface area contributed by atoms with Crippen LogP contribution < -0.4 is 0 Å². The van der Waals surface area contributed by atoms with E-state index < -0.39 is 0 Å². The Morgan fingerprint density at radius 3 is 2.04 bits per heavy atom. The highest BCUT2D eigenvalue weighted by Gasteiger charge is 2.24. The van der Waals surface area contributed by atoms with Crippen molar-refractivity contribution in [1.29, 1.82) is 0 Å². The zero-order chi connectivity index (χ0) is 17.4. The van der Waals surface area contributed by atoms with Gasteiger partial charge in [0, 0.05) is 22.4 Å². The fourth-order valence-corrected chi connectivity index (χ4v) is 2.50. The zero-order valence-electron chi connectivity index (χ0n) is 15.3. The number of hydrogen-bond acceptors (Lipinski definition) is 2. The van der Waals surface area contributed by atoms with E-state index in [4.69, 9.17) is 0 Å². The first-order chi connectivity index (χ1) is 10.5. The summed E-state index contributed by atoms with van der Waals surface area (Å²) in [6.07, 6.45) is 5.76. The zero-order valence-corrected chi connectivity index (χ0v) is 15.3. The lowest BCUT2D eigenvalue weighted by Crippen LogP contribution is -2.17. The summed E-state index contributed by atoms with van der Waals surface area (Å²) in [5.74, 6) is 0.364. The molecule has 0 saturated heterocycles. The molecular weight excluding hydrogens is 284 g/mol. The Kier molecular flexibility index (Phi) is 4.43. The van der Waals surface area contributed by atoms with E-state index in [-0.39, 0.29) is 10.8 Å². The first kappa shape index (κ1) is 17.3. The van der Waals surface area contributed by atoms with E-state index in [1.54, 1.807) is 6.20 Å². The molecule has 0 aliphatic rings. The van der Waals surface area contributed by atoms with E-state index in [9.17, 15) is 5.11 Å². The van der Waals surface area contributed by atoms with Crippen LogP contribution in [0.25, 0.3) is 12.2 Å². The summed E-state index contributed by atoms with van der Waals surface area (Å²) in [7, 11) is 0. The number of phenolic OH excluding ortho intramolecular Hbond substituents is 1. The molecule has 2 aromatic rings. The average Bonchev–Trinajstić information content (AvgIpc) is 2.80. The number of nitrogens with zero attached hydrogens (tertiary/aromatic N) is 1. The van der Waals surface area contributed by atoms with Crippen LogP contribution in [0.3, 0.4) is 0 Å². The summed E-state index contributed by atoms with van der Waals surface area (Å²) in [6, 6.07) is 4.21. The number of aryl methyl sites for hydroxylation is 1. The van der Waals surface area contributed by atoms with Gasteiger partial charge in [-0.3, -0.25) is 5.10 Å². The molecule has 0 radical (unpaired) electrons. The van der Waals surface area contributed by atoms with Crippen LogP contribution in [0, 0.1) is 6.92 Å². The van der Waals surface area contributed by atoms with E-state index in [2.05, 4.69) is 63.9 Å². The largest absolute Gasteiger partial charge is 0.507 e. The Morgan fingerprint density at radius 1 is 0.957 bits per heavy atom. The van der Waals surface area contributed by atoms with Crippen molar-refractivity contribution in [1.82, 2.24) is 10.2 Å². The molecule has 0 bridgehead atoms. The van der Waals surface area contributed by atoms with Crippen LogP contribution >= 0.6 is 0 Å². The van der Waals surface area contributed by atoms with E-state index >= 15 is 0 Å². The quantitative estimate of drug-likeness (QED) is 0.801. The summed E-state index contributed by atoms with van der Waals surface area (Å²) in [6.45, 7) is 14.9. The second kappa shape index (κ2) is 5.88.